The van der Waals surface area contributed by atoms with Gasteiger partial charge in [0, 0.05) is 30.9 Å². The van der Waals surface area contributed by atoms with Crippen molar-refractivity contribution in [3.63, 3.8) is 0 Å². The van der Waals surface area contributed by atoms with Gasteiger partial charge in [-0.2, -0.15) is 12.7 Å². The van der Waals surface area contributed by atoms with Gasteiger partial charge in [-0.1, -0.05) is 0 Å². The van der Waals surface area contributed by atoms with Crippen LogP contribution >= 0.6 is 0 Å². The van der Waals surface area contributed by atoms with Gasteiger partial charge in [0.2, 0.25) is 0 Å². The molecule has 3 rings (SSSR count). The third-order valence-corrected chi connectivity index (χ3v) is 4.57. The van der Waals surface area contributed by atoms with Crippen LogP contribution in [-0.2, 0) is 14.9 Å². The molecule has 0 N–H and O–H groups in total. The molecule has 1 spiro atoms. The number of aromatic nitrogens is 2. The van der Waals surface area contributed by atoms with E-state index in [9.17, 15) is 8.42 Å². The Kier molecular flexibility index (Phi) is 1.74. The molecule has 3 heterocycles. The molecule has 1 aromatic rings. The molecule has 0 saturated carbocycles. The monoisotopic (exact) mass is 229 g/mol. The van der Waals surface area contributed by atoms with Crippen molar-refractivity contribution in [1.82, 2.24) is 13.3 Å². The second-order valence-corrected chi connectivity index (χ2v) is 5.99. The molecule has 0 amide bonds. The summed E-state index contributed by atoms with van der Waals surface area (Å²) in [6, 6.07) is 0. The van der Waals surface area contributed by atoms with E-state index >= 15 is 0 Å². The molecule has 0 aliphatic carbocycles. The van der Waals surface area contributed by atoms with Crippen molar-refractivity contribution < 1.29 is 13.2 Å². The van der Waals surface area contributed by atoms with E-state index in [4.69, 9.17) is 4.74 Å². The molecule has 0 bridgehead atoms. The SMILES string of the molecule is O=S(=O)(N1CC2(COC2)C1)n1ccnc1. The second kappa shape index (κ2) is 2.81. The van der Waals surface area contributed by atoms with E-state index in [1.807, 2.05) is 0 Å². The van der Waals surface area contributed by atoms with E-state index in [0.717, 1.165) is 3.97 Å². The van der Waals surface area contributed by atoms with Gasteiger partial charge in [-0.15, -0.1) is 0 Å². The summed E-state index contributed by atoms with van der Waals surface area (Å²) in [6.07, 6.45) is 4.20. The highest BCUT2D eigenvalue weighted by Crippen LogP contribution is 2.39. The van der Waals surface area contributed by atoms with Crippen LogP contribution in [-0.4, -0.2) is 48.0 Å². The Morgan fingerprint density at radius 1 is 1.33 bits per heavy atom. The maximum Gasteiger partial charge on any atom is 0.308 e. The highest BCUT2D eigenvalue weighted by atomic mass is 32.2. The standard InChI is InChI=1S/C8H11N3O3S/c12-15(13,10-2-1-9-7-10)11-3-8(4-11)5-14-6-8/h1-2,7H,3-6H2. The summed E-state index contributed by atoms with van der Waals surface area (Å²) in [5, 5.41) is 0. The van der Waals surface area contributed by atoms with E-state index in [2.05, 4.69) is 4.98 Å². The van der Waals surface area contributed by atoms with E-state index < -0.39 is 10.2 Å². The van der Waals surface area contributed by atoms with Crippen molar-refractivity contribution in [1.29, 1.82) is 0 Å². The van der Waals surface area contributed by atoms with Crippen LogP contribution in [0.1, 0.15) is 0 Å². The lowest BCUT2D eigenvalue weighted by Crippen LogP contribution is -2.67. The van der Waals surface area contributed by atoms with Gasteiger partial charge < -0.3 is 4.74 Å². The van der Waals surface area contributed by atoms with Crippen LogP contribution in [0.2, 0.25) is 0 Å². The molecule has 1 aromatic heterocycles. The summed E-state index contributed by atoms with van der Waals surface area (Å²) in [4.78, 5) is 3.73. The van der Waals surface area contributed by atoms with Crippen LogP contribution in [0.25, 0.3) is 0 Å². The fourth-order valence-corrected chi connectivity index (χ4v) is 3.48. The minimum Gasteiger partial charge on any atom is -0.380 e. The normalized spacial score (nSPS) is 24.8. The molecule has 2 saturated heterocycles. The smallest absolute Gasteiger partial charge is 0.308 e. The van der Waals surface area contributed by atoms with Crippen molar-refractivity contribution in [2.45, 2.75) is 0 Å². The molecule has 7 heteroatoms. The van der Waals surface area contributed by atoms with Gasteiger partial charge in [-0.3, -0.25) is 0 Å². The Balaban J connectivity index is 1.79. The van der Waals surface area contributed by atoms with E-state index in [0.29, 0.717) is 26.3 Å². The molecule has 2 aliphatic heterocycles. The number of imidazole rings is 1. The van der Waals surface area contributed by atoms with Crippen LogP contribution in [0.3, 0.4) is 0 Å². The quantitative estimate of drug-likeness (QED) is 0.673. The zero-order valence-electron chi connectivity index (χ0n) is 8.04. The molecule has 2 aliphatic rings. The maximum absolute atomic E-state index is 11.9. The third kappa shape index (κ3) is 1.23. The lowest BCUT2D eigenvalue weighted by atomic mass is 9.80. The largest absolute Gasteiger partial charge is 0.380 e. The highest BCUT2D eigenvalue weighted by molar-refractivity contribution is 7.87. The summed E-state index contributed by atoms with van der Waals surface area (Å²) in [5.74, 6) is 0. The Morgan fingerprint density at radius 2 is 2.07 bits per heavy atom. The molecule has 15 heavy (non-hydrogen) atoms. The predicted molar refractivity (Wildman–Crippen MR) is 51.4 cm³/mol. The summed E-state index contributed by atoms with van der Waals surface area (Å²) in [5.41, 5.74) is 0.105. The fraction of sp³-hybridized carbons (Fsp3) is 0.625. The third-order valence-electron chi connectivity index (χ3n) is 2.91. The number of rotatable bonds is 2. The Morgan fingerprint density at radius 3 is 2.53 bits per heavy atom. The first-order chi connectivity index (χ1) is 7.12. The van der Waals surface area contributed by atoms with Crippen LogP contribution in [0, 0.1) is 5.41 Å². The molecule has 0 unspecified atom stereocenters. The highest BCUT2D eigenvalue weighted by Gasteiger charge is 2.53. The van der Waals surface area contributed by atoms with Crippen molar-refractivity contribution in [2.24, 2.45) is 5.41 Å². The minimum absolute atomic E-state index is 0.105. The Labute approximate surface area is 87.7 Å². The number of nitrogens with zero attached hydrogens (tertiary/aromatic N) is 3. The van der Waals surface area contributed by atoms with Crippen molar-refractivity contribution in [3.05, 3.63) is 18.7 Å². The van der Waals surface area contributed by atoms with Crippen LogP contribution in [0.15, 0.2) is 18.7 Å². The van der Waals surface area contributed by atoms with Gasteiger partial charge >= 0.3 is 10.2 Å². The maximum atomic E-state index is 11.9. The van der Waals surface area contributed by atoms with E-state index in [1.54, 1.807) is 0 Å². The summed E-state index contributed by atoms with van der Waals surface area (Å²) < 4.78 is 31.5. The van der Waals surface area contributed by atoms with E-state index in [1.165, 1.54) is 23.0 Å². The second-order valence-electron chi connectivity index (χ2n) is 4.16. The minimum atomic E-state index is -3.37. The molecule has 2 fully saturated rings. The van der Waals surface area contributed by atoms with E-state index in [-0.39, 0.29) is 5.41 Å². The molecule has 0 atom stereocenters. The number of hydrogen-bond donors (Lipinski definition) is 0. The first-order valence-electron chi connectivity index (χ1n) is 4.69. The number of hydrogen-bond acceptors (Lipinski definition) is 4. The number of ether oxygens (including phenoxy) is 1. The zero-order valence-corrected chi connectivity index (χ0v) is 8.85. The average molecular weight is 229 g/mol. The van der Waals surface area contributed by atoms with Gasteiger partial charge in [0.05, 0.1) is 13.2 Å². The van der Waals surface area contributed by atoms with Crippen LogP contribution in [0.4, 0.5) is 0 Å². The van der Waals surface area contributed by atoms with Crippen LogP contribution in [0.5, 0.6) is 0 Å². The molecule has 82 valence electrons. The first-order valence-corrected chi connectivity index (χ1v) is 6.09. The molecule has 0 radical (unpaired) electrons. The topological polar surface area (TPSA) is 64.4 Å². The van der Waals surface area contributed by atoms with Crippen molar-refractivity contribution in [3.8, 4) is 0 Å². The van der Waals surface area contributed by atoms with Gasteiger partial charge in [-0.25, -0.2) is 8.96 Å². The average Bonchev–Trinajstić information content (AvgIpc) is 2.48. The summed E-state index contributed by atoms with van der Waals surface area (Å²) >= 11 is 0. The van der Waals surface area contributed by atoms with Crippen molar-refractivity contribution in [2.75, 3.05) is 26.3 Å². The first kappa shape index (κ1) is 9.32. The molecule has 0 aromatic carbocycles. The van der Waals surface area contributed by atoms with Gasteiger partial charge in [0.25, 0.3) is 0 Å². The zero-order chi connectivity index (χ0) is 10.5. The fourth-order valence-electron chi connectivity index (χ4n) is 1.96. The Hall–Kier alpha value is -0.920. The van der Waals surface area contributed by atoms with Crippen molar-refractivity contribution >= 4 is 10.2 Å². The summed E-state index contributed by atoms with van der Waals surface area (Å²) in [7, 11) is -3.37. The molecular formula is C8H11N3O3S. The van der Waals surface area contributed by atoms with Crippen LogP contribution < -0.4 is 0 Å². The lowest BCUT2D eigenvalue weighted by molar-refractivity contribution is -0.167. The summed E-state index contributed by atoms with van der Waals surface area (Å²) in [6.45, 7) is 2.49. The van der Waals surface area contributed by atoms with Gasteiger partial charge in [-0.05, 0) is 0 Å². The lowest BCUT2D eigenvalue weighted by Gasteiger charge is -2.53. The molecule has 6 nitrogen and oxygen atoms in total. The van der Waals surface area contributed by atoms with Gasteiger partial charge in [0.15, 0.2) is 0 Å². The predicted octanol–water partition coefficient (Wildman–Crippen LogP) is -0.692. The molecular weight excluding hydrogens is 218 g/mol. The van der Waals surface area contributed by atoms with Gasteiger partial charge in [0.1, 0.15) is 6.33 Å². The Bertz CT molecular complexity index is 455.